The summed E-state index contributed by atoms with van der Waals surface area (Å²) in [5.41, 5.74) is 0.787. The maximum atomic E-state index is 11.9. The topological polar surface area (TPSA) is 40.5 Å². The Balaban J connectivity index is 1.73. The minimum atomic E-state index is -0.606. The Kier molecular flexibility index (Phi) is 3.79. The second-order valence-electron chi connectivity index (χ2n) is 6.22. The molecule has 2 aliphatic rings. The van der Waals surface area contributed by atoms with Crippen LogP contribution in [0.25, 0.3) is 0 Å². The molecular formula is C17H23NO2. The van der Waals surface area contributed by atoms with E-state index in [2.05, 4.69) is 29.2 Å². The van der Waals surface area contributed by atoms with Crippen LogP contribution >= 0.6 is 0 Å². The van der Waals surface area contributed by atoms with Gasteiger partial charge in [-0.05, 0) is 63.1 Å². The molecule has 3 heteroatoms. The normalized spacial score (nSPS) is 31.3. The monoisotopic (exact) mass is 273 g/mol. The zero-order chi connectivity index (χ0) is 14.0. The van der Waals surface area contributed by atoms with E-state index < -0.39 is 11.5 Å². The van der Waals surface area contributed by atoms with Crippen molar-refractivity contribution in [3.05, 3.63) is 35.9 Å². The molecule has 1 saturated heterocycles. The second-order valence-corrected chi connectivity index (χ2v) is 6.22. The lowest BCUT2D eigenvalue weighted by Crippen LogP contribution is -2.55. The van der Waals surface area contributed by atoms with Gasteiger partial charge in [0.1, 0.15) is 5.54 Å². The maximum absolute atomic E-state index is 11.9. The number of aliphatic carboxylic acids is 1. The molecule has 0 aromatic heterocycles. The fourth-order valence-corrected chi connectivity index (χ4v) is 3.96. The molecule has 3 nitrogen and oxygen atoms in total. The van der Waals surface area contributed by atoms with Crippen LogP contribution in [-0.4, -0.2) is 34.6 Å². The zero-order valence-corrected chi connectivity index (χ0v) is 11.9. The quantitative estimate of drug-likeness (QED) is 0.919. The Hall–Kier alpha value is -1.35. The average Bonchev–Trinajstić information content (AvgIpc) is 3.03. The number of hydrogen-bond acceptors (Lipinski definition) is 2. The number of nitrogens with zero attached hydrogens (tertiary/aromatic N) is 1. The molecule has 1 aromatic rings. The molecule has 0 spiro atoms. The summed E-state index contributed by atoms with van der Waals surface area (Å²) in [6.07, 6.45) is 5.87. The lowest BCUT2D eigenvalue weighted by molar-refractivity contribution is -0.153. The van der Waals surface area contributed by atoms with Crippen molar-refractivity contribution in [3.8, 4) is 0 Å². The standard InChI is InChI=1S/C17H23NO2/c19-16(20)17(18-12-4-5-13-18)10-8-15(9-11-17)14-6-2-1-3-7-14/h1-3,6-7,15H,4-5,8-13H2,(H,19,20). The van der Waals surface area contributed by atoms with Gasteiger partial charge in [-0.3, -0.25) is 9.69 Å². The van der Waals surface area contributed by atoms with Gasteiger partial charge in [-0.25, -0.2) is 0 Å². The van der Waals surface area contributed by atoms with Crippen LogP contribution < -0.4 is 0 Å². The van der Waals surface area contributed by atoms with Crippen molar-refractivity contribution in [2.24, 2.45) is 0 Å². The second kappa shape index (κ2) is 5.57. The number of hydrogen-bond donors (Lipinski definition) is 1. The summed E-state index contributed by atoms with van der Waals surface area (Å²) in [5.74, 6) is -0.0720. The minimum Gasteiger partial charge on any atom is -0.480 e. The molecule has 108 valence electrons. The van der Waals surface area contributed by atoms with E-state index in [4.69, 9.17) is 0 Å². The Labute approximate surface area is 120 Å². The third-order valence-electron chi connectivity index (χ3n) is 5.19. The van der Waals surface area contributed by atoms with Crippen LogP contribution in [0.15, 0.2) is 30.3 Å². The summed E-state index contributed by atoms with van der Waals surface area (Å²) in [6.45, 7) is 1.92. The van der Waals surface area contributed by atoms with E-state index in [9.17, 15) is 9.90 Å². The van der Waals surface area contributed by atoms with Crippen LogP contribution in [0.2, 0.25) is 0 Å². The van der Waals surface area contributed by atoms with Crippen molar-refractivity contribution in [1.82, 2.24) is 4.90 Å². The number of carboxylic acids is 1. The number of benzene rings is 1. The number of carboxylic acid groups (broad SMARTS) is 1. The zero-order valence-electron chi connectivity index (χ0n) is 11.9. The first-order valence-corrected chi connectivity index (χ1v) is 7.76. The van der Waals surface area contributed by atoms with E-state index in [1.54, 1.807) is 0 Å². The van der Waals surface area contributed by atoms with Crippen LogP contribution in [0.3, 0.4) is 0 Å². The molecule has 0 unspecified atom stereocenters. The minimum absolute atomic E-state index is 0.534. The van der Waals surface area contributed by atoms with Crippen molar-refractivity contribution >= 4 is 5.97 Å². The number of rotatable bonds is 3. The molecule has 0 bridgehead atoms. The van der Waals surface area contributed by atoms with Crippen molar-refractivity contribution in [2.45, 2.75) is 50.0 Å². The van der Waals surface area contributed by atoms with E-state index in [1.165, 1.54) is 5.56 Å². The van der Waals surface area contributed by atoms with Crippen molar-refractivity contribution in [1.29, 1.82) is 0 Å². The van der Waals surface area contributed by atoms with Gasteiger partial charge in [-0.1, -0.05) is 30.3 Å². The van der Waals surface area contributed by atoms with Gasteiger partial charge in [-0.2, -0.15) is 0 Å². The Morgan fingerprint density at radius 3 is 2.25 bits per heavy atom. The molecule has 1 heterocycles. The van der Waals surface area contributed by atoms with Crippen molar-refractivity contribution < 1.29 is 9.90 Å². The van der Waals surface area contributed by atoms with Crippen LogP contribution in [0, 0.1) is 0 Å². The summed E-state index contributed by atoms with van der Waals surface area (Å²) >= 11 is 0. The Morgan fingerprint density at radius 1 is 1.10 bits per heavy atom. The predicted octanol–water partition coefficient (Wildman–Crippen LogP) is 3.26. The molecule has 1 aliphatic heterocycles. The first-order valence-electron chi connectivity index (χ1n) is 7.76. The van der Waals surface area contributed by atoms with Crippen LogP contribution in [0.5, 0.6) is 0 Å². The largest absolute Gasteiger partial charge is 0.480 e. The van der Waals surface area contributed by atoms with E-state index in [1.807, 2.05) is 6.07 Å². The van der Waals surface area contributed by atoms with Crippen LogP contribution in [-0.2, 0) is 4.79 Å². The summed E-state index contributed by atoms with van der Waals surface area (Å²) in [6, 6.07) is 10.5. The third kappa shape index (κ3) is 2.35. The predicted molar refractivity (Wildman–Crippen MR) is 78.8 cm³/mol. The number of carbonyl (C=O) groups is 1. The molecule has 1 aliphatic carbocycles. The SMILES string of the molecule is O=C(O)C1(N2CCCC2)CCC(c2ccccc2)CC1. The lowest BCUT2D eigenvalue weighted by atomic mass is 9.73. The number of likely N-dealkylation sites (tertiary alicyclic amines) is 1. The van der Waals surface area contributed by atoms with Gasteiger partial charge in [0.15, 0.2) is 0 Å². The van der Waals surface area contributed by atoms with Gasteiger partial charge in [0, 0.05) is 0 Å². The van der Waals surface area contributed by atoms with E-state index in [0.717, 1.165) is 51.6 Å². The van der Waals surface area contributed by atoms with Gasteiger partial charge < -0.3 is 5.11 Å². The molecule has 2 fully saturated rings. The molecule has 1 aromatic carbocycles. The molecule has 0 atom stereocenters. The van der Waals surface area contributed by atoms with Gasteiger partial charge >= 0.3 is 5.97 Å². The first-order chi connectivity index (χ1) is 9.72. The highest BCUT2D eigenvalue weighted by molar-refractivity contribution is 5.79. The fourth-order valence-electron chi connectivity index (χ4n) is 3.96. The van der Waals surface area contributed by atoms with Crippen molar-refractivity contribution in [2.75, 3.05) is 13.1 Å². The molecular weight excluding hydrogens is 250 g/mol. The van der Waals surface area contributed by atoms with E-state index in [0.29, 0.717) is 5.92 Å². The summed E-state index contributed by atoms with van der Waals surface area (Å²) in [5, 5.41) is 9.76. The molecule has 20 heavy (non-hydrogen) atoms. The van der Waals surface area contributed by atoms with Gasteiger partial charge in [0.2, 0.25) is 0 Å². The summed E-state index contributed by atoms with van der Waals surface area (Å²) in [4.78, 5) is 14.1. The summed E-state index contributed by atoms with van der Waals surface area (Å²) in [7, 11) is 0. The maximum Gasteiger partial charge on any atom is 0.324 e. The summed E-state index contributed by atoms with van der Waals surface area (Å²) < 4.78 is 0. The highest BCUT2D eigenvalue weighted by Crippen LogP contribution is 2.42. The lowest BCUT2D eigenvalue weighted by Gasteiger charge is -2.43. The molecule has 3 rings (SSSR count). The van der Waals surface area contributed by atoms with Gasteiger partial charge in [0.25, 0.3) is 0 Å². The molecule has 1 saturated carbocycles. The van der Waals surface area contributed by atoms with Gasteiger partial charge in [0.05, 0.1) is 0 Å². The van der Waals surface area contributed by atoms with Gasteiger partial charge in [-0.15, -0.1) is 0 Å². The fraction of sp³-hybridized carbons (Fsp3) is 0.588. The highest BCUT2D eigenvalue weighted by Gasteiger charge is 2.47. The van der Waals surface area contributed by atoms with E-state index >= 15 is 0 Å². The molecule has 0 radical (unpaired) electrons. The van der Waals surface area contributed by atoms with Crippen LogP contribution in [0.1, 0.15) is 50.0 Å². The van der Waals surface area contributed by atoms with Crippen LogP contribution in [0.4, 0.5) is 0 Å². The highest BCUT2D eigenvalue weighted by atomic mass is 16.4. The van der Waals surface area contributed by atoms with E-state index in [-0.39, 0.29) is 0 Å². The Morgan fingerprint density at radius 2 is 1.70 bits per heavy atom. The smallest absolute Gasteiger partial charge is 0.324 e. The average molecular weight is 273 g/mol. The Bertz CT molecular complexity index is 457. The molecule has 1 N–H and O–H groups in total. The van der Waals surface area contributed by atoms with Crippen molar-refractivity contribution in [3.63, 3.8) is 0 Å². The molecule has 0 amide bonds. The third-order valence-corrected chi connectivity index (χ3v) is 5.19. The first kappa shape index (κ1) is 13.6.